The van der Waals surface area contributed by atoms with Gasteiger partial charge in [0.25, 0.3) is 5.91 Å². The molecule has 1 amide bonds. The summed E-state index contributed by atoms with van der Waals surface area (Å²) in [6, 6.07) is 0. The number of nitrogens with zero attached hydrogens (tertiary/aromatic N) is 3. The molecule has 1 unspecified atom stereocenters. The molecule has 0 saturated carbocycles. The molecule has 0 fully saturated rings. The van der Waals surface area contributed by atoms with Crippen LogP contribution in [0.2, 0.25) is 0 Å². The molecule has 0 aromatic carbocycles. The van der Waals surface area contributed by atoms with Crippen LogP contribution in [0, 0.1) is 12.8 Å². The number of hydrogen-bond donors (Lipinski definition) is 3. The molecule has 0 aliphatic heterocycles. The van der Waals surface area contributed by atoms with Gasteiger partial charge in [-0.15, -0.1) is 11.3 Å². The molecule has 2 aromatic heterocycles. The van der Waals surface area contributed by atoms with Gasteiger partial charge in [0.1, 0.15) is 11.2 Å². The number of aromatic amines is 1. The number of aliphatic hydroxyl groups excluding tert-OH is 1. The number of thiazole rings is 1. The Kier molecular flexibility index (Phi) is 5.03. The van der Waals surface area contributed by atoms with Gasteiger partial charge in [-0.3, -0.25) is 9.89 Å². The topological polar surface area (TPSA) is 104 Å². The van der Waals surface area contributed by atoms with Crippen LogP contribution in [0.15, 0.2) is 6.33 Å². The molecule has 0 bridgehead atoms. The van der Waals surface area contributed by atoms with Crippen LogP contribution >= 0.6 is 11.3 Å². The van der Waals surface area contributed by atoms with Crippen molar-refractivity contribution >= 4 is 17.2 Å². The molecule has 0 saturated heterocycles. The second-order valence-electron chi connectivity index (χ2n) is 5.12. The van der Waals surface area contributed by atoms with Gasteiger partial charge < -0.3 is 10.4 Å². The number of nitrogens with one attached hydrogen (secondary N) is 2. The fourth-order valence-corrected chi connectivity index (χ4v) is 2.69. The van der Waals surface area contributed by atoms with Crippen LogP contribution in [-0.2, 0) is 0 Å². The first kappa shape index (κ1) is 15.6. The Labute approximate surface area is 126 Å². The van der Waals surface area contributed by atoms with Crippen LogP contribution in [-0.4, -0.2) is 43.8 Å². The highest BCUT2D eigenvalue weighted by atomic mass is 32.1. The third-order valence-corrected chi connectivity index (χ3v) is 4.28. The molecule has 0 aliphatic rings. The van der Waals surface area contributed by atoms with Crippen molar-refractivity contribution < 1.29 is 9.90 Å². The van der Waals surface area contributed by atoms with Crippen LogP contribution in [0.5, 0.6) is 0 Å². The van der Waals surface area contributed by atoms with Gasteiger partial charge in [0.2, 0.25) is 0 Å². The summed E-state index contributed by atoms with van der Waals surface area (Å²) in [5.74, 6) is 0.564. The Morgan fingerprint density at radius 3 is 2.90 bits per heavy atom. The minimum atomic E-state index is -0.405. The van der Waals surface area contributed by atoms with Crippen molar-refractivity contribution in [3.63, 3.8) is 0 Å². The van der Waals surface area contributed by atoms with Crippen LogP contribution < -0.4 is 5.32 Å². The van der Waals surface area contributed by atoms with Crippen LogP contribution in [0.3, 0.4) is 0 Å². The Bertz CT molecular complexity index is 594. The van der Waals surface area contributed by atoms with Crippen molar-refractivity contribution in [3.8, 4) is 10.8 Å². The SMILES string of the molecule is Cc1nc(-c2ncn[nH]2)sc1C(=O)NCCC(O)C(C)C. The highest BCUT2D eigenvalue weighted by Gasteiger charge is 2.17. The molecule has 114 valence electrons. The fourth-order valence-electron chi connectivity index (χ4n) is 1.76. The summed E-state index contributed by atoms with van der Waals surface area (Å²) < 4.78 is 0. The molecule has 3 N–H and O–H groups in total. The van der Waals surface area contributed by atoms with Crippen molar-refractivity contribution in [2.24, 2.45) is 5.92 Å². The number of carbonyl (C=O) groups excluding carboxylic acids is 1. The number of H-pyrrole nitrogens is 1. The molecule has 8 heteroatoms. The summed E-state index contributed by atoms with van der Waals surface area (Å²) in [5, 5.41) is 19.7. The molecule has 2 rings (SSSR count). The molecule has 0 radical (unpaired) electrons. The second-order valence-corrected chi connectivity index (χ2v) is 6.12. The zero-order chi connectivity index (χ0) is 15.4. The number of aromatic nitrogens is 4. The van der Waals surface area contributed by atoms with Gasteiger partial charge in [0.15, 0.2) is 10.8 Å². The second kappa shape index (κ2) is 6.77. The molecule has 7 nitrogen and oxygen atoms in total. The van der Waals surface area contributed by atoms with Crippen molar-refractivity contribution in [2.75, 3.05) is 6.54 Å². The number of aliphatic hydroxyl groups is 1. The largest absolute Gasteiger partial charge is 0.393 e. The van der Waals surface area contributed by atoms with Gasteiger partial charge in [-0.2, -0.15) is 5.10 Å². The Morgan fingerprint density at radius 2 is 2.29 bits per heavy atom. The lowest BCUT2D eigenvalue weighted by atomic mass is 10.0. The van der Waals surface area contributed by atoms with Gasteiger partial charge in [-0.1, -0.05) is 13.8 Å². The van der Waals surface area contributed by atoms with Crippen LogP contribution in [0.1, 0.15) is 35.6 Å². The minimum absolute atomic E-state index is 0.174. The third-order valence-electron chi connectivity index (χ3n) is 3.12. The van der Waals surface area contributed by atoms with Crippen molar-refractivity contribution in [1.82, 2.24) is 25.5 Å². The van der Waals surface area contributed by atoms with Gasteiger partial charge in [0.05, 0.1) is 11.8 Å². The third kappa shape index (κ3) is 3.85. The maximum absolute atomic E-state index is 12.1. The van der Waals surface area contributed by atoms with E-state index >= 15 is 0 Å². The molecule has 0 spiro atoms. The zero-order valence-electron chi connectivity index (χ0n) is 12.3. The van der Waals surface area contributed by atoms with E-state index in [2.05, 4.69) is 25.5 Å². The molecule has 0 aliphatic carbocycles. The molecule has 2 aromatic rings. The predicted octanol–water partition coefficient (Wildman–Crippen LogP) is 1.37. The molecule has 2 heterocycles. The maximum atomic E-state index is 12.1. The summed E-state index contributed by atoms with van der Waals surface area (Å²) in [4.78, 5) is 21.0. The first-order valence-corrected chi connectivity index (χ1v) is 7.60. The van der Waals surface area contributed by atoms with Gasteiger partial charge >= 0.3 is 0 Å². The normalized spacial score (nSPS) is 12.6. The van der Waals surface area contributed by atoms with E-state index in [1.54, 1.807) is 6.92 Å². The Hall–Kier alpha value is -1.80. The first-order valence-electron chi connectivity index (χ1n) is 6.78. The highest BCUT2D eigenvalue weighted by molar-refractivity contribution is 7.17. The lowest BCUT2D eigenvalue weighted by Crippen LogP contribution is -2.28. The molecular formula is C13H19N5O2S. The summed E-state index contributed by atoms with van der Waals surface area (Å²) in [7, 11) is 0. The zero-order valence-corrected chi connectivity index (χ0v) is 13.1. The van der Waals surface area contributed by atoms with Gasteiger partial charge in [-0.25, -0.2) is 9.97 Å². The monoisotopic (exact) mass is 309 g/mol. The lowest BCUT2D eigenvalue weighted by molar-refractivity contribution is 0.0923. The minimum Gasteiger partial charge on any atom is -0.393 e. The predicted molar refractivity (Wildman–Crippen MR) is 80.0 cm³/mol. The Balaban J connectivity index is 1.97. The van der Waals surface area contributed by atoms with E-state index in [1.165, 1.54) is 17.7 Å². The van der Waals surface area contributed by atoms with Crippen molar-refractivity contribution in [2.45, 2.75) is 33.3 Å². The van der Waals surface area contributed by atoms with E-state index in [0.29, 0.717) is 34.4 Å². The summed E-state index contributed by atoms with van der Waals surface area (Å²) in [5.41, 5.74) is 0.660. The number of amides is 1. The Morgan fingerprint density at radius 1 is 1.52 bits per heavy atom. The van der Waals surface area contributed by atoms with Crippen LogP contribution in [0.4, 0.5) is 0 Å². The summed E-state index contributed by atoms with van der Waals surface area (Å²) in [6.45, 7) is 6.12. The lowest BCUT2D eigenvalue weighted by Gasteiger charge is -2.14. The highest BCUT2D eigenvalue weighted by Crippen LogP contribution is 2.24. The molecule has 21 heavy (non-hydrogen) atoms. The first-order chi connectivity index (χ1) is 9.99. The molecular weight excluding hydrogens is 290 g/mol. The van der Waals surface area contributed by atoms with E-state index in [0.717, 1.165) is 0 Å². The van der Waals surface area contributed by atoms with E-state index in [-0.39, 0.29) is 11.8 Å². The van der Waals surface area contributed by atoms with E-state index in [9.17, 15) is 9.90 Å². The smallest absolute Gasteiger partial charge is 0.263 e. The summed E-state index contributed by atoms with van der Waals surface area (Å²) in [6.07, 6.45) is 1.53. The average molecular weight is 309 g/mol. The van der Waals surface area contributed by atoms with E-state index in [4.69, 9.17) is 0 Å². The van der Waals surface area contributed by atoms with Crippen molar-refractivity contribution in [3.05, 3.63) is 16.9 Å². The number of aryl methyl sites for hydroxylation is 1. The molecule has 1 atom stereocenters. The fraction of sp³-hybridized carbons (Fsp3) is 0.538. The van der Waals surface area contributed by atoms with Crippen LogP contribution in [0.25, 0.3) is 10.8 Å². The van der Waals surface area contributed by atoms with E-state index in [1.807, 2.05) is 13.8 Å². The number of hydrogen-bond acceptors (Lipinski definition) is 6. The van der Waals surface area contributed by atoms with Gasteiger partial charge in [0, 0.05) is 6.54 Å². The van der Waals surface area contributed by atoms with Gasteiger partial charge in [-0.05, 0) is 19.3 Å². The standard InChI is InChI=1S/C13H19N5O2S/c1-7(2)9(19)4-5-14-12(20)10-8(3)17-13(21-10)11-15-6-16-18-11/h6-7,9,19H,4-5H2,1-3H3,(H,14,20)(H,15,16,18). The average Bonchev–Trinajstić information content (AvgIpc) is 3.07. The quantitative estimate of drug-likeness (QED) is 0.747. The number of carbonyl (C=O) groups is 1. The summed E-state index contributed by atoms with van der Waals surface area (Å²) >= 11 is 1.27. The van der Waals surface area contributed by atoms with Crippen molar-refractivity contribution in [1.29, 1.82) is 0 Å². The van der Waals surface area contributed by atoms with E-state index < -0.39 is 6.10 Å². The number of rotatable bonds is 6. The maximum Gasteiger partial charge on any atom is 0.263 e.